The van der Waals surface area contributed by atoms with Gasteiger partial charge in [-0.1, -0.05) is 6.07 Å². The molecule has 0 amide bonds. The number of aromatic carboxylic acids is 1. The van der Waals surface area contributed by atoms with Crippen LogP contribution >= 0.6 is 0 Å². The molecule has 1 aromatic heterocycles. The van der Waals surface area contributed by atoms with Crippen molar-refractivity contribution in [2.24, 2.45) is 7.05 Å². The third-order valence-electron chi connectivity index (χ3n) is 3.59. The molecule has 3 aromatic rings. The lowest BCUT2D eigenvalue weighted by Gasteiger charge is -2.07. The Morgan fingerprint density at radius 1 is 1.18 bits per heavy atom. The number of carbonyl (C=O) groups is 1. The van der Waals surface area contributed by atoms with Crippen LogP contribution < -0.4 is 4.74 Å². The van der Waals surface area contributed by atoms with Gasteiger partial charge in [0.2, 0.25) is 0 Å². The molecule has 0 saturated heterocycles. The number of phenolic OH excluding ortho intramolecular Hbond substituents is 1. The van der Waals surface area contributed by atoms with Gasteiger partial charge in [-0.25, -0.2) is 4.79 Å². The molecule has 0 unspecified atom stereocenters. The summed E-state index contributed by atoms with van der Waals surface area (Å²) in [4.78, 5) is 11.0. The summed E-state index contributed by atoms with van der Waals surface area (Å²) in [6.07, 6.45) is 0. The molecule has 3 rings (SSSR count). The molecular formula is C17H15NO4. The molecule has 0 bridgehead atoms. The van der Waals surface area contributed by atoms with E-state index in [-0.39, 0.29) is 11.3 Å². The molecule has 0 fully saturated rings. The first-order chi connectivity index (χ1) is 10.5. The predicted octanol–water partition coefficient (Wildman–Crippen LogP) is 3.16. The minimum absolute atomic E-state index is 0.153. The molecule has 22 heavy (non-hydrogen) atoms. The number of ether oxygens (including phenoxy) is 1. The van der Waals surface area contributed by atoms with Crippen molar-refractivity contribution in [3.63, 3.8) is 0 Å². The minimum atomic E-state index is -0.941. The van der Waals surface area contributed by atoms with E-state index in [9.17, 15) is 9.90 Å². The fourth-order valence-electron chi connectivity index (χ4n) is 2.41. The van der Waals surface area contributed by atoms with Crippen molar-refractivity contribution in [2.45, 2.75) is 6.61 Å². The number of carboxylic acid groups (broad SMARTS) is 1. The quantitative estimate of drug-likeness (QED) is 0.776. The van der Waals surface area contributed by atoms with E-state index in [2.05, 4.69) is 0 Å². The zero-order valence-corrected chi connectivity index (χ0v) is 12.0. The van der Waals surface area contributed by atoms with Crippen LogP contribution in [0, 0.1) is 0 Å². The highest BCUT2D eigenvalue weighted by Crippen LogP contribution is 2.23. The van der Waals surface area contributed by atoms with Crippen LogP contribution in [0.1, 0.15) is 16.1 Å². The number of fused-ring (bicyclic) bond motifs is 1. The van der Waals surface area contributed by atoms with Gasteiger partial charge in [0.25, 0.3) is 0 Å². The van der Waals surface area contributed by atoms with Crippen LogP contribution in [0.25, 0.3) is 10.9 Å². The summed E-state index contributed by atoms with van der Waals surface area (Å²) < 4.78 is 7.63. The normalized spacial score (nSPS) is 10.8. The molecule has 1 heterocycles. The van der Waals surface area contributed by atoms with E-state index in [0.29, 0.717) is 12.4 Å². The fraction of sp³-hybridized carbons (Fsp3) is 0.118. The Morgan fingerprint density at radius 2 is 2.00 bits per heavy atom. The Bertz CT molecular complexity index is 851. The molecule has 0 aliphatic heterocycles. The van der Waals surface area contributed by atoms with Crippen molar-refractivity contribution in [1.29, 1.82) is 0 Å². The Balaban J connectivity index is 1.87. The number of phenols is 1. The van der Waals surface area contributed by atoms with Crippen molar-refractivity contribution in [2.75, 3.05) is 0 Å². The smallest absolute Gasteiger partial charge is 0.335 e. The van der Waals surface area contributed by atoms with Crippen molar-refractivity contribution in [1.82, 2.24) is 4.57 Å². The van der Waals surface area contributed by atoms with Gasteiger partial charge < -0.3 is 19.5 Å². The first-order valence-electron chi connectivity index (χ1n) is 6.78. The summed E-state index contributed by atoms with van der Waals surface area (Å²) in [6, 6.07) is 13.5. The van der Waals surface area contributed by atoms with Gasteiger partial charge in [-0.15, -0.1) is 0 Å². The maximum Gasteiger partial charge on any atom is 0.335 e. The largest absolute Gasteiger partial charge is 0.508 e. The summed E-state index contributed by atoms with van der Waals surface area (Å²) in [5.74, 6) is -0.208. The van der Waals surface area contributed by atoms with Crippen LogP contribution in [0.5, 0.6) is 11.5 Å². The van der Waals surface area contributed by atoms with Crippen molar-refractivity contribution in [3.8, 4) is 11.5 Å². The van der Waals surface area contributed by atoms with Crippen LogP contribution in [0.15, 0.2) is 48.5 Å². The molecule has 0 radical (unpaired) electrons. The average Bonchev–Trinajstić information content (AvgIpc) is 2.81. The Hall–Kier alpha value is -2.95. The zero-order chi connectivity index (χ0) is 15.7. The first-order valence-corrected chi connectivity index (χ1v) is 6.78. The van der Waals surface area contributed by atoms with Crippen LogP contribution in [0.2, 0.25) is 0 Å². The molecule has 112 valence electrons. The third kappa shape index (κ3) is 2.61. The molecule has 5 nitrogen and oxygen atoms in total. The summed E-state index contributed by atoms with van der Waals surface area (Å²) in [5.41, 5.74) is 2.12. The van der Waals surface area contributed by atoms with E-state index in [0.717, 1.165) is 16.6 Å². The Labute approximate surface area is 127 Å². The second-order valence-corrected chi connectivity index (χ2v) is 5.06. The highest BCUT2D eigenvalue weighted by Gasteiger charge is 2.10. The summed E-state index contributed by atoms with van der Waals surface area (Å²) in [6.45, 7) is 0.330. The van der Waals surface area contributed by atoms with E-state index in [1.807, 2.05) is 17.7 Å². The van der Waals surface area contributed by atoms with Crippen molar-refractivity contribution < 1.29 is 19.7 Å². The molecule has 2 N–H and O–H groups in total. The summed E-state index contributed by atoms with van der Waals surface area (Å²) in [5, 5.41) is 19.3. The number of benzene rings is 2. The van der Waals surface area contributed by atoms with Crippen LogP contribution in [-0.4, -0.2) is 20.7 Å². The van der Waals surface area contributed by atoms with Crippen LogP contribution in [0.3, 0.4) is 0 Å². The summed E-state index contributed by atoms with van der Waals surface area (Å²) in [7, 11) is 1.91. The van der Waals surface area contributed by atoms with Crippen LogP contribution in [0.4, 0.5) is 0 Å². The molecule has 0 aliphatic rings. The number of hydrogen-bond donors (Lipinski definition) is 2. The van der Waals surface area contributed by atoms with Gasteiger partial charge >= 0.3 is 5.97 Å². The van der Waals surface area contributed by atoms with Gasteiger partial charge in [-0.05, 0) is 36.4 Å². The Morgan fingerprint density at radius 3 is 2.73 bits per heavy atom. The van der Waals surface area contributed by atoms with Gasteiger partial charge in [-0.3, -0.25) is 0 Å². The van der Waals surface area contributed by atoms with Gasteiger partial charge in [0, 0.05) is 24.0 Å². The molecule has 0 atom stereocenters. The standard InChI is InChI=1S/C17H15NO4/c1-18-13(10-22-15-4-2-3-14(19)9-15)8-12-7-11(17(20)21)5-6-16(12)18/h2-9,19H,10H2,1H3,(H,20,21). The second-order valence-electron chi connectivity index (χ2n) is 5.06. The predicted molar refractivity (Wildman–Crippen MR) is 82.3 cm³/mol. The lowest BCUT2D eigenvalue weighted by molar-refractivity contribution is 0.0697. The van der Waals surface area contributed by atoms with Crippen molar-refractivity contribution >= 4 is 16.9 Å². The highest BCUT2D eigenvalue weighted by molar-refractivity contribution is 5.94. The first kappa shape index (κ1) is 14.0. The van der Waals surface area contributed by atoms with E-state index in [1.165, 1.54) is 0 Å². The monoisotopic (exact) mass is 297 g/mol. The maximum absolute atomic E-state index is 11.0. The molecule has 2 aromatic carbocycles. The second kappa shape index (κ2) is 5.44. The molecule has 0 spiro atoms. The third-order valence-corrected chi connectivity index (χ3v) is 3.59. The topological polar surface area (TPSA) is 71.7 Å². The SMILES string of the molecule is Cn1c(COc2cccc(O)c2)cc2cc(C(=O)O)ccc21. The van der Waals surface area contributed by atoms with E-state index >= 15 is 0 Å². The minimum Gasteiger partial charge on any atom is -0.508 e. The van der Waals surface area contributed by atoms with Gasteiger partial charge in [0.05, 0.1) is 11.3 Å². The average molecular weight is 297 g/mol. The number of nitrogens with zero attached hydrogens (tertiary/aromatic N) is 1. The molecule has 0 saturated carbocycles. The number of aromatic nitrogens is 1. The highest BCUT2D eigenvalue weighted by atomic mass is 16.5. The maximum atomic E-state index is 11.0. The molecule has 0 aliphatic carbocycles. The zero-order valence-electron chi connectivity index (χ0n) is 12.0. The van der Waals surface area contributed by atoms with Crippen LogP contribution in [-0.2, 0) is 13.7 Å². The van der Waals surface area contributed by atoms with E-state index in [4.69, 9.17) is 9.84 Å². The number of hydrogen-bond acceptors (Lipinski definition) is 3. The van der Waals surface area contributed by atoms with E-state index in [1.54, 1.807) is 42.5 Å². The van der Waals surface area contributed by atoms with Crippen molar-refractivity contribution in [3.05, 3.63) is 59.8 Å². The summed E-state index contributed by atoms with van der Waals surface area (Å²) >= 11 is 0. The number of carboxylic acids is 1. The lowest BCUT2D eigenvalue weighted by atomic mass is 10.1. The fourth-order valence-corrected chi connectivity index (χ4v) is 2.41. The Kier molecular flexibility index (Phi) is 3.47. The van der Waals surface area contributed by atoms with Gasteiger partial charge in [0.15, 0.2) is 0 Å². The van der Waals surface area contributed by atoms with Gasteiger partial charge in [-0.2, -0.15) is 0 Å². The number of rotatable bonds is 4. The van der Waals surface area contributed by atoms with Gasteiger partial charge in [0.1, 0.15) is 18.1 Å². The molecule has 5 heteroatoms. The number of aryl methyl sites for hydroxylation is 1. The molecular weight excluding hydrogens is 282 g/mol. The lowest BCUT2D eigenvalue weighted by Crippen LogP contribution is -2.01. The number of aromatic hydroxyl groups is 1. The van der Waals surface area contributed by atoms with E-state index < -0.39 is 5.97 Å².